The Morgan fingerprint density at radius 1 is 1.10 bits per heavy atom. The monoisotopic (exact) mass is 441 g/mol. The third-order valence-corrected chi connectivity index (χ3v) is 5.63. The lowest BCUT2D eigenvalue weighted by Crippen LogP contribution is -2.33. The molecule has 1 amide bonds. The van der Waals surface area contributed by atoms with Crippen molar-refractivity contribution in [2.24, 2.45) is 0 Å². The summed E-state index contributed by atoms with van der Waals surface area (Å²) in [6.45, 7) is 1.14. The molecule has 0 unspecified atom stereocenters. The molecular weight excluding hydrogens is 423 g/mol. The summed E-state index contributed by atoms with van der Waals surface area (Å²) in [7, 11) is 3.86. The minimum absolute atomic E-state index is 0.174. The molecule has 0 N–H and O–H groups in total. The first-order chi connectivity index (χ1) is 13.7. The van der Waals surface area contributed by atoms with E-state index in [0.717, 1.165) is 23.4 Å². The van der Waals surface area contributed by atoms with Crippen LogP contribution < -0.4 is 4.90 Å². The number of halogens is 4. The van der Waals surface area contributed by atoms with E-state index < -0.39 is 17.6 Å². The normalized spacial score (nSPS) is 12.0. The van der Waals surface area contributed by atoms with E-state index in [1.807, 2.05) is 25.1 Å². The Morgan fingerprint density at radius 3 is 2.38 bits per heavy atom. The summed E-state index contributed by atoms with van der Waals surface area (Å²) in [6.07, 6.45) is -3.76. The number of carbonyl (C=O) groups excluding carboxylic acids is 1. The van der Waals surface area contributed by atoms with Crippen molar-refractivity contribution in [2.45, 2.75) is 12.6 Å². The van der Waals surface area contributed by atoms with Gasteiger partial charge in [0.25, 0.3) is 5.91 Å². The number of alkyl halides is 3. The lowest BCUT2D eigenvalue weighted by atomic mass is 10.1. The summed E-state index contributed by atoms with van der Waals surface area (Å²) < 4.78 is 39.3. The van der Waals surface area contributed by atoms with Crippen molar-refractivity contribution in [3.05, 3.63) is 58.6 Å². The van der Waals surface area contributed by atoms with Gasteiger partial charge in [0, 0.05) is 12.1 Å². The maximum Gasteiger partial charge on any atom is 0.416 e. The number of hydrogen-bond donors (Lipinski definition) is 0. The fourth-order valence-electron chi connectivity index (χ4n) is 2.81. The van der Waals surface area contributed by atoms with Crippen molar-refractivity contribution >= 4 is 44.2 Å². The van der Waals surface area contributed by atoms with Gasteiger partial charge >= 0.3 is 6.18 Å². The topological polar surface area (TPSA) is 36.4 Å². The first-order valence-electron chi connectivity index (χ1n) is 8.85. The number of anilines is 1. The van der Waals surface area contributed by atoms with Crippen LogP contribution in [0.2, 0.25) is 5.02 Å². The molecule has 0 saturated heterocycles. The number of para-hydroxylation sites is 1. The Hall–Kier alpha value is -2.16. The van der Waals surface area contributed by atoms with Crippen LogP contribution in [0.5, 0.6) is 0 Å². The van der Waals surface area contributed by atoms with Crippen molar-refractivity contribution < 1.29 is 18.0 Å². The predicted octanol–water partition coefficient (Wildman–Crippen LogP) is 5.57. The van der Waals surface area contributed by atoms with Crippen LogP contribution in [0.1, 0.15) is 22.3 Å². The molecule has 0 aliphatic carbocycles. The molecule has 3 rings (SSSR count). The Bertz CT molecular complexity index is 1000. The largest absolute Gasteiger partial charge is 0.416 e. The van der Waals surface area contributed by atoms with E-state index in [2.05, 4.69) is 4.98 Å². The van der Waals surface area contributed by atoms with E-state index in [9.17, 15) is 18.0 Å². The Labute approximate surface area is 175 Å². The van der Waals surface area contributed by atoms with Crippen LogP contribution in [0.25, 0.3) is 10.2 Å². The highest BCUT2D eigenvalue weighted by Gasteiger charge is 2.30. The highest BCUT2D eigenvalue weighted by Crippen LogP contribution is 2.34. The number of amides is 1. The highest BCUT2D eigenvalue weighted by atomic mass is 35.5. The molecule has 1 heterocycles. The number of benzene rings is 2. The van der Waals surface area contributed by atoms with Gasteiger partial charge in [0.05, 0.1) is 15.3 Å². The van der Waals surface area contributed by atoms with Crippen molar-refractivity contribution in [3.63, 3.8) is 0 Å². The van der Waals surface area contributed by atoms with Crippen LogP contribution in [-0.2, 0) is 6.18 Å². The summed E-state index contributed by atoms with van der Waals surface area (Å²) in [6, 6.07) is 9.63. The summed E-state index contributed by atoms with van der Waals surface area (Å²) in [5.41, 5.74) is -0.0137. The standard InChI is InChI=1S/C20H19ClF3N3OS/c1-26(2)11-4-12-27(19-25-17-15(21)5-3-6-16(17)29-19)18(28)13-7-9-14(10-8-13)20(22,23)24/h3,5-10H,4,11-12H2,1-2H3. The molecule has 2 aromatic carbocycles. The fourth-order valence-corrected chi connectivity index (χ4v) is 4.10. The maximum absolute atomic E-state index is 13.1. The number of thiazole rings is 1. The zero-order valence-electron chi connectivity index (χ0n) is 15.8. The molecule has 29 heavy (non-hydrogen) atoms. The molecule has 4 nitrogen and oxygen atoms in total. The summed E-state index contributed by atoms with van der Waals surface area (Å²) in [5, 5.41) is 0.956. The lowest BCUT2D eigenvalue weighted by Gasteiger charge is -2.21. The minimum atomic E-state index is -4.45. The van der Waals surface area contributed by atoms with Crippen LogP contribution in [0.4, 0.5) is 18.3 Å². The van der Waals surface area contributed by atoms with Crippen molar-refractivity contribution in [2.75, 3.05) is 32.1 Å². The fraction of sp³-hybridized carbons (Fsp3) is 0.300. The van der Waals surface area contributed by atoms with Crippen molar-refractivity contribution in [1.82, 2.24) is 9.88 Å². The number of rotatable bonds is 6. The SMILES string of the molecule is CN(C)CCCN(C(=O)c1ccc(C(F)(F)F)cc1)c1nc2c(Cl)cccc2s1. The molecule has 0 aliphatic rings. The van der Waals surface area contributed by atoms with Crippen LogP contribution in [0.15, 0.2) is 42.5 Å². The first-order valence-corrected chi connectivity index (χ1v) is 10.0. The van der Waals surface area contributed by atoms with Crippen molar-refractivity contribution in [1.29, 1.82) is 0 Å². The molecule has 0 aliphatic heterocycles. The van der Waals surface area contributed by atoms with E-state index in [1.54, 1.807) is 12.1 Å². The van der Waals surface area contributed by atoms with Gasteiger partial charge in [-0.15, -0.1) is 0 Å². The number of fused-ring (bicyclic) bond motifs is 1. The molecular formula is C20H19ClF3N3OS. The van der Waals surface area contributed by atoms with Gasteiger partial charge in [-0.3, -0.25) is 9.69 Å². The summed E-state index contributed by atoms with van der Waals surface area (Å²) in [4.78, 5) is 21.1. The number of aromatic nitrogens is 1. The Balaban J connectivity index is 1.93. The molecule has 0 fully saturated rings. The van der Waals surface area contributed by atoms with Crippen LogP contribution in [0, 0.1) is 0 Å². The smallest absolute Gasteiger partial charge is 0.309 e. The summed E-state index contributed by atoms with van der Waals surface area (Å²) in [5.74, 6) is -0.396. The van der Waals surface area contributed by atoms with Gasteiger partial charge in [-0.05, 0) is 63.5 Å². The zero-order valence-corrected chi connectivity index (χ0v) is 17.4. The van der Waals surface area contributed by atoms with E-state index in [-0.39, 0.29) is 5.56 Å². The molecule has 1 aromatic heterocycles. The molecule has 0 saturated carbocycles. The second kappa shape index (κ2) is 8.69. The van der Waals surface area contributed by atoms with E-state index in [0.29, 0.717) is 28.6 Å². The van der Waals surface area contributed by atoms with Crippen molar-refractivity contribution in [3.8, 4) is 0 Å². The quantitative estimate of drug-likeness (QED) is 0.502. The van der Waals surface area contributed by atoms with Crippen LogP contribution >= 0.6 is 22.9 Å². The first kappa shape index (κ1) is 21.5. The van der Waals surface area contributed by atoms with Gasteiger partial charge < -0.3 is 4.90 Å². The molecule has 0 radical (unpaired) electrons. The van der Waals surface area contributed by atoms with Gasteiger partial charge in [0.1, 0.15) is 5.52 Å². The second-order valence-electron chi connectivity index (χ2n) is 6.77. The molecule has 0 atom stereocenters. The van der Waals surface area contributed by atoms with Crippen LogP contribution in [-0.4, -0.2) is 43.0 Å². The van der Waals surface area contributed by atoms with E-state index in [1.165, 1.54) is 28.4 Å². The third kappa shape index (κ3) is 5.07. The average molecular weight is 442 g/mol. The van der Waals surface area contributed by atoms with E-state index >= 15 is 0 Å². The maximum atomic E-state index is 13.1. The number of nitrogens with zero attached hydrogens (tertiary/aromatic N) is 3. The molecule has 9 heteroatoms. The zero-order chi connectivity index (χ0) is 21.2. The predicted molar refractivity (Wildman–Crippen MR) is 111 cm³/mol. The average Bonchev–Trinajstić information content (AvgIpc) is 3.09. The van der Waals surface area contributed by atoms with Gasteiger partial charge in [-0.1, -0.05) is 29.0 Å². The Kier molecular flexibility index (Phi) is 6.45. The van der Waals surface area contributed by atoms with Gasteiger partial charge in [0.2, 0.25) is 0 Å². The molecule has 154 valence electrons. The van der Waals surface area contributed by atoms with Gasteiger partial charge in [-0.2, -0.15) is 13.2 Å². The number of carbonyl (C=O) groups is 1. The lowest BCUT2D eigenvalue weighted by molar-refractivity contribution is -0.137. The van der Waals surface area contributed by atoms with E-state index in [4.69, 9.17) is 11.6 Å². The molecule has 0 spiro atoms. The second-order valence-corrected chi connectivity index (χ2v) is 8.19. The number of hydrogen-bond acceptors (Lipinski definition) is 4. The van der Waals surface area contributed by atoms with Crippen LogP contribution in [0.3, 0.4) is 0 Å². The highest BCUT2D eigenvalue weighted by molar-refractivity contribution is 7.22. The molecule has 0 bridgehead atoms. The summed E-state index contributed by atoms with van der Waals surface area (Å²) >= 11 is 7.53. The minimum Gasteiger partial charge on any atom is -0.309 e. The van der Waals surface area contributed by atoms with Gasteiger partial charge in [-0.25, -0.2) is 4.98 Å². The Morgan fingerprint density at radius 2 is 1.79 bits per heavy atom. The molecule has 3 aromatic rings. The third-order valence-electron chi connectivity index (χ3n) is 4.28. The van der Waals surface area contributed by atoms with Gasteiger partial charge in [0.15, 0.2) is 5.13 Å².